The van der Waals surface area contributed by atoms with Crippen molar-refractivity contribution in [3.05, 3.63) is 77.9 Å². The lowest BCUT2D eigenvalue weighted by Crippen LogP contribution is -2.56. The van der Waals surface area contributed by atoms with E-state index in [-0.39, 0.29) is 24.3 Å². The standard InChI is InChI=1S/C35H50N4O5/c1-25(2)22-30(33(40)37-39(24-26(3)4)35(42)31(36)23-28-16-9-6-10-17-28)29(19-13-18-27-14-7-5-8-15-27)34(41)38-44-32-20-11-12-21-43-32/h5-10,13-18,25-26,29-32H,11-12,19-24,36H2,1-4H3,(H,37,40)(H,38,41)/b18-13+/t29-,30+,31+,32?/m0/s1. The third kappa shape index (κ3) is 11.9. The van der Waals surface area contributed by atoms with E-state index in [1.165, 1.54) is 5.01 Å². The van der Waals surface area contributed by atoms with Crippen LogP contribution < -0.4 is 16.6 Å². The molecule has 44 heavy (non-hydrogen) atoms. The Bertz CT molecular complexity index is 1180. The first kappa shape index (κ1) is 35.0. The molecular weight excluding hydrogens is 556 g/mol. The number of amides is 3. The third-order valence-electron chi connectivity index (χ3n) is 7.49. The second-order valence-corrected chi connectivity index (χ2v) is 12.4. The Hall–Kier alpha value is -3.53. The Kier molecular flexibility index (Phi) is 14.6. The van der Waals surface area contributed by atoms with Gasteiger partial charge in [-0.25, -0.2) is 10.3 Å². The fourth-order valence-electron chi connectivity index (χ4n) is 5.26. The molecule has 1 aliphatic rings. The van der Waals surface area contributed by atoms with Gasteiger partial charge < -0.3 is 10.5 Å². The number of nitrogens with one attached hydrogen (secondary N) is 2. The van der Waals surface area contributed by atoms with Gasteiger partial charge in [-0.1, -0.05) is 101 Å². The molecule has 3 amide bonds. The minimum absolute atomic E-state index is 0.0727. The van der Waals surface area contributed by atoms with Gasteiger partial charge in [0.2, 0.25) is 11.8 Å². The van der Waals surface area contributed by atoms with E-state index < -0.39 is 36.0 Å². The van der Waals surface area contributed by atoms with Gasteiger partial charge in [-0.2, -0.15) is 0 Å². The number of allylic oxidation sites excluding steroid dienone is 1. The van der Waals surface area contributed by atoms with Crippen LogP contribution in [0.3, 0.4) is 0 Å². The van der Waals surface area contributed by atoms with Gasteiger partial charge in [0.25, 0.3) is 5.91 Å². The number of carbonyl (C=O) groups excluding carboxylic acids is 3. The monoisotopic (exact) mass is 606 g/mol. The maximum Gasteiger partial charge on any atom is 0.258 e. The molecule has 1 heterocycles. The lowest BCUT2D eigenvalue weighted by atomic mass is 9.82. The van der Waals surface area contributed by atoms with E-state index in [9.17, 15) is 14.4 Å². The molecule has 0 aliphatic carbocycles. The molecule has 1 saturated heterocycles. The molecule has 3 rings (SSSR count). The Morgan fingerprint density at radius 3 is 2.25 bits per heavy atom. The molecule has 0 bridgehead atoms. The Labute approximate surface area is 262 Å². The van der Waals surface area contributed by atoms with Crippen molar-refractivity contribution in [2.75, 3.05) is 13.2 Å². The molecule has 1 unspecified atom stereocenters. The molecule has 4 N–H and O–H groups in total. The lowest BCUT2D eigenvalue weighted by molar-refractivity contribution is -0.203. The first-order valence-corrected chi connectivity index (χ1v) is 15.8. The maximum absolute atomic E-state index is 14.0. The van der Waals surface area contributed by atoms with Gasteiger partial charge in [0.15, 0.2) is 6.29 Å². The first-order chi connectivity index (χ1) is 21.1. The number of nitrogens with zero attached hydrogens (tertiary/aromatic N) is 1. The molecule has 2 aromatic carbocycles. The Balaban J connectivity index is 1.82. The van der Waals surface area contributed by atoms with Crippen LogP contribution in [0.15, 0.2) is 66.7 Å². The molecule has 0 radical (unpaired) electrons. The molecule has 0 saturated carbocycles. The van der Waals surface area contributed by atoms with Gasteiger partial charge >= 0.3 is 0 Å². The van der Waals surface area contributed by atoms with Crippen molar-refractivity contribution in [3.63, 3.8) is 0 Å². The highest BCUT2D eigenvalue weighted by Crippen LogP contribution is 2.26. The number of carbonyl (C=O) groups is 3. The predicted molar refractivity (Wildman–Crippen MR) is 172 cm³/mol. The van der Waals surface area contributed by atoms with Crippen molar-refractivity contribution in [3.8, 4) is 0 Å². The van der Waals surface area contributed by atoms with Gasteiger partial charge in [-0.3, -0.25) is 24.8 Å². The highest BCUT2D eigenvalue weighted by atomic mass is 16.8. The number of hydrogen-bond donors (Lipinski definition) is 3. The number of rotatable bonds is 15. The summed E-state index contributed by atoms with van der Waals surface area (Å²) in [6.07, 6.45) is 6.99. The van der Waals surface area contributed by atoms with Crippen molar-refractivity contribution < 1.29 is 24.0 Å². The molecule has 240 valence electrons. The number of hydrogen-bond acceptors (Lipinski definition) is 6. The van der Waals surface area contributed by atoms with Crippen molar-refractivity contribution in [2.24, 2.45) is 29.4 Å². The van der Waals surface area contributed by atoms with Crippen molar-refractivity contribution in [2.45, 2.75) is 78.6 Å². The van der Waals surface area contributed by atoms with E-state index in [2.05, 4.69) is 10.9 Å². The summed E-state index contributed by atoms with van der Waals surface area (Å²) in [6.45, 7) is 8.82. The average Bonchev–Trinajstić information content (AvgIpc) is 3.01. The van der Waals surface area contributed by atoms with Gasteiger partial charge in [-0.15, -0.1) is 0 Å². The number of ether oxygens (including phenoxy) is 1. The van der Waals surface area contributed by atoms with Gasteiger partial charge in [-0.05, 0) is 55.1 Å². The van der Waals surface area contributed by atoms with Crippen LogP contribution in [0, 0.1) is 23.7 Å². The zero-order valence-corrected chi connectivity index (χ0v) is 26.6. The lowest BCUT2D eigenvalue weighted by Gasteiger charge is -2.32. The smallest absolute Gasteiger partial charge is 0.258 e. The third-order valence-corrected chi connectivity index (χ3v) is 7.49. The zero-order chi connectivity index (χ0) is 31.9. The van der Waals surface area contributed by atoms with Gasteiger partial charge in [0, 0.05) is 19.6 Å². The quantitative estimate of drug-likeness (QED) is 0.245. The van der Waals surface area contributed by atoms with Crippen molar-refractivity contribution in [1.29, 1.82) is 0 Å². The number of nitrogens with two attached hydrogens (primary N) is 1. The molecule has 1 aliphatic heterocycles. The normalized spacial score (nSPS) is 17.3. The minimum Gasteiger partial charge on any atom is -0.350 e. The van der Waals surface area contributed by atoms with E-state index in [0.717, 1.165) is 24.0 Å². The van der Waals surface area contributed by atoms with E-state index >= 15 is 0 Å². The summed E-state index contributed by atoms with van der Waals surface area (Å²) in [5, 5.41) is 1.33. The second-order valence-electron chi connectivity index (χ2n) is 12.4. The summed E-state index contributed by atoms with van der Waals surface area (Å²) in [6, 6.07) is 18.5. The van der Waals surface area contributed by atoms with E-state index in [1.54, 1.807) is 0 Å². The molecule has 9 nitrogen and oxygen atoms in total. The fourth-order valence-corrected chi connectivity index (χ4v) is 5.26. The number of benzene rings is 2. The summed E-state index contributed by atoms with van der Waals surface area (Å²) >= 11 is 0. The molecule has 0 spiro atoms. The second kappa shape index (κ2) is 18.3. The summed E-state index contributed by atoms with van der Waals surface area (Å²) in [5.74, 6) is -2.49. The topological polar surface area (TPSA) is 123 Å². The van der Waals surface area contributed by atoms with Crippen LogP contribution in [0.5, 0.6) is 0 Å². The summed E-state index contributed by atoms with van der Waals surface area (Å²) < 4.78 is 5.61. The fraction of sp³-hybridized carbons (Fsp3) is 0.514. The number of hydrazine groups is 1. The highest BCUT2D eigenvalue weighted by molar-refractivity contribution is 5.90. The first-order valence-electron chi connectivity index (χ1n) is 15.8. The SMILES string of the molecule is CC(C)C[C@@H](C(=O)NN(CC(C)C)C(=O)[C@H](N)Cc1ccccc1)[C@H](C/C=C/c1ccccc1)C(=O)NOC1CCCCO1. The summed E-state index contributed by atoms with van der Waals surface area (Å²) in [7, 11) is 0. The van der Waals surface area contributed by atoms with Crippen LogP contribution in [-0.4, -0.2) is 48.2 Å². The molecule has 1 fully saturated rings. The molecule has 9 heteroatoms. The molecule has 4 atom stereocenters. The Morgan fingerprint density at radius 1 is 0.955 bits per heavy atom. The summed E-state index contributed by atoms with van der Waals surface area (Å²) in [4.78, 5) is 46.8. The molecule has 2 aromatic rings. The van der Waals surface area contributed by atoms with Crippen molar-refractivity contribution in [1.82, 2.24) is 15.9 Å². The Morgan fingerprint density at radius 2 is 1.64 bits per heavy atom. The average molecular weight is 607 g/mol. The summed E-state index contributed by atoms with van der Waals surface area (Å²) in [5.41, 5.74) is 13.7. The van der Waals surface area contributed by atoms with Crippen LogP contribution in [0.4, 0.5) is 0 Å². The van der Waals surface area contributed by atoms with Crippen molar-refractivity contribution >= 4 is 23.8 Å². The number of hydroxylamine groups is 1. The van der Waals surface area contributed by atoms with E-state index in [0.29, 0.717) is 32.3 Å². The van der Waals surface area contributed by atoms with Crippen LogP contribution in [0.2, 0.25) is 0 Å². The maximum atomic E-state index is 14.0. The van der Waals surface area contributed by atoms with Gasteiger partial charge in [0.05, 0.1) is 17.9 Å². The van der Waals surface area contributed by atoms with E-state index in [1.807, 2.05) is 101 Å². The van der Waals surface area contributed by atoms with Crippen LogP contribution in [0.25, 0.3) is 6.08 Å². The zero-order valence-electron chi connectivity index (χ0n) is 26.6. The predicted octanol–water partition coefficient (Wildman–Crippen LogP) is 5.03. The highest BCUT2D eigenvalue weighted by Gasteiger charge is 2.36. The van der Waals surface area contributed by atoms with Gasteiger partial charge in [0.1, 0.15) is 0 Å². The van der Waals surface area contributed by atoms with E-state index in [4.69, 9.17) is 15.3 Å². The molecule has 0 aromatic heterocycles. The molecular formula is C35H50N4O5. The van der Waals surface area contributed by atoms with Crippen LogP contribution in [0.1, 0.15) is 70.9 Å². The minimum atomic E-state index is -0.836. The van der Waals surface area contributed by atoms with Crippen LogP contribution in [-0.2, 0) is 30.4 Å². The largest absolute Gasteiger partial charge is 0.350 e. The van der Waals surface area contributed by atoms with Crippen LogP contribution >= 0.6 is 0 Å².